The van der Waals surface area contributed by atoms with Crippen molar-refractivity contribution in [3.05, 3.63) is 343 Å². The number of nitro groups is 3. The van der Waals surface area contributed by atoms with Gasteiger partial charge in [0.15, 0.2) is 0 Å². The van der Waals surface area contributed by atoms with Gasteiger partial charge in [0.1, 0.15) is 11.6 Å². The minimum Gasteiger partial charge on any atom is -0.431 e. The molecule has 694 valence electrons. The number of aliphatic hydroxyl groups excluding tert-OH is 2. The summed E-state index contributed by atoms with van der Waals surface area (Å²) in [6.07, 6.45) is 1.62. The number of nitrogens with two attached hydrogens (primary N) is 1. The normalized spacial score (nSPS) is 12.5. The Labute approximate surface area is 747 Å². The zero-order valence-corrected chi connectivity index (χ0v) is 74.4. The molecule has 14 aromatic rings. The second-order valence-corrected chi connectivity index (χ2v) is 31.8. The zero-order chi connectivity index (χ0) is 97.7. The number of alkyl halides is 6. The van der Waals surface area contributed by atoms with Gasteiger partial charge in [-0.15, -0.1) is 0 Å². The molecule has 14 rings (SSSR count). The van der Waals surface area contributed by atoms with Gasteiger partial charge in [-0.3, -0.25) is 63.9 Å². The molecule has 8 aromatic carbocycles. The number of nitrogen functional groups attached to an aromatic ring is 1. The number of fused-ring (bicyclic) bond motifs is 6. The van der Waals surface area contributed by atoms with Crippen molar-refractivity contribution in [3.8, 4) is 0 Å². The Morgan fingerprint density at radius 2 is 0.659 bits per heavy atom. The second-order valence-electron chi connectivity index (χ2n) is 31.8. The summed E-state index contributed by atoms with van der Waals surface area (Å²) in [5.74, 6) is -3.97. The number of aryl methyl sites for hydroxylation is 6. The molecule has 0 fully saturated rings. The van der Waals surface area contributed by atoms with Gasteiger partial charge in [-0.05, 0) is 220 Å². The van der Waals surface area contributed by atoms with Gasteiger partial charge in [-0.25, -0.2) is 13.6 Å². The molecular weight excluding hydrogens is 1730 g/mol. The van der Waals surface area contributed by atoms with Crippen molar-refractivity contribution in [3.63, 3.8) is 0 Å². The smallest absolute Gasteiger partial charge is 0.419 e. The Hall–Kier alpha value is -14.7. The van der Waals surface area contributed by atoms with Crippen LogP contribution in [0.2, 0.25) is 0 Å². The number of carbonyl (C=O) groups excluding carboxylic acids is 2. The minimum absolute atomic E-state index is 0.0193. The Morgan fingerprint density at radius 3 is 0.962 bits per heavy atom. The number of aliphatic hydroxyl groups is 2. The molecule has 0 spiro atoms. The molecule has 2 amide bonds. The maximum atomic E-state index is 13.8. The number of hydrogen-bond acceptors (Lipinski definition) is 18. The number of carbonyl (C=O) groups is 2. The Kier molecular flexibility index (Phi) is 32.7. The predicted molar refractivity (Wildman–Crippen MR) is 492 cm³/mol. The highest BCUT2D eigenvalue weighted by molar-refractivity contribution is 6.05. The fourth-order valence-corrected chi connectivity index (χ4v) is 14.6. The molecule has 0 aliphatic heterocycles. The number of amides is 2. The molecule has 0 radical (unpaired) electrons. The van der Waals surface area contributed by atoms with Crippen molar-refractivity contribution in [2.45, 2.75) is 172 Å². The van der Waals surface area contributed by atoms with E-state index in [0.29, 0.717) is 117 Å². The van der Waals surface area contributed by atoms with Crippen LogP contribution in [0, 0.1) is 83.5 Å². The van der Waals surface area contributed by atoms with Gasteiger partial charge in [0.05, 0.1) is 114 Å². The number of pyridine rings is 5. The summed E-state index contributed by atoms with van der Waals surface area (Å²) in [7, 11) is 0. The summed E-state index contributed by atoms with van der Waals surface area (Å²) in [4.78, 5) is 130. The summed E-state index contributed by atoms with van der Waals surface area (Å²) in [6, 6.07) is 34.2. The van der Waals surface area contributed by atoms with Gasteiger partial charge in [-0.2, -0.15) is 26.3 Å². The predicted octanol–water partition coefficient (Wildman–Crippen LogP) is 19.7. The van der Waals surface area contributed by atoms with Crippen LogP contribution >= 0.6 is 0 Å². The fourth-order valence-electron chi connectivity index (χ4n) is 14.6. The van der Waals surface area contributed by atoms with Gasteiger partial charge in [0.2, 0.25) is 11.8 Å². The van der Waals surface area contributed by atoms with E-state index in [1.807, 2.05) is 65.9 Å². The molecule has 36 heteroatoms. The summed E-state index contributed by atoms with van der Waals surface area (Å²) in [5, 5.41) is 62.2. The molecule has 6 heterocycles. The van der Waals surface area contributed by atoms with Crippen LogP contribution in [0.1, 0.15) is 160 Å². The molecule has 0 unspecified atom stereocenters. The van der Waals surface area contributed by atoms with Crippen LogP contribution in [-0.4, -0.2) is 72.8 Å². The highest BCUT2D eigenvalue weighted by atomic mass is 19.4. The summed E-state index contributed by atoms with van der Waals surface area (Å²) in [5.41, 5.74) is 7.39. The van der Waals surface area contributed by atoms with E-state index in [2.05, 4.69) is 22.0 Å². The standard InChI is InChI=1S/C23H22F4N2O2.C22H20F4N2O3.C14H16N2O3.C14H18N2O.C13H14N2O4.C10H7NO4/c1-4-14(3)29-10-9-16-17(22(29)31)7-5-13(2)21(16)28-20(30)12-15-6-8-18(19(24)11-15)23(25,26)27;1-12-3-5-16-15(7-8-28(21(16)31)13(2)11-29)20(12)27-19(30)10-14-4-6-17(18(23)9-14)22(24,25)26;1-4-10(3)15-8-7-11-12(14(15)17)6-5-9(2)13(11)16(18)19;1-4-10(3)16-8-7-11-12(14(16)17)6-5-9(2)13(11)15;1-8-3-4-11-10(12(8)15(18)19)5-6-14(13(11)17)9(2)7-16;1-6-2-3-8-7(9(6)11(13)14)4-5-15-10(8)12/h5-11,14H,4,12H2,1-3H3,(H,28,30);3-9,13,29H,10-11H2,1-2H3,(H,27,30);5-8,10H,4H2,1-3H3;5-8,10H,4,15H2,1-3H3;3-6,9,16H,7H2,1-2H3;2-5H,1H3/t14-;13-;2*10-;9-;/m11111./s1. The molecule has 0 aliphatic rings. The van der Waals surface area contributed by atoms with E-state index in [-0.39, 0.29) is 112 Å². The van der Waals surface area contributed by atoms with Crippen molar-refractivity contribution in [1.82, 2.24) is 22.8 Å². The maximum absolute atomic E-state index is 13.8. The average Bonchev–Trinajstić information content (AvgIpc) is 0.781. The Bertz CT molecular complexity index is 6870. The quantitative estimate of drug-likeness (QED) is 0.0217. The lowest BCUT2D eigenvalue weighted by atomic mass is 10.0. The number of rotatable bonds is 19. The Balaban J connectivity index is 0.000000182. The lowest BCUT2D eigenvalue weighted by Crippen LogP contribution is -2.25. The third kappa shape index (κ3) is 22.6. The van der Waals surface area contributed by atoms with E-state index < -0.39 is 73.4 Å². The third-order valence-corrected chi connectivity index (χ3v) is 22.8. The summed E-state index contributed by atoms with van der Waals surface area (Å²) >= 11 is 0. The van der Waals surface area contributed by atoms with Crippen LogP contribution in [0.3, 0.4) is 0 Å². The van der Waals surface area contributed by atoms with E-state index >= 15 is 0 Å². The van der Waals surface area contributed by atoms with Crippen molar-refractivity contribution in [1.29, 1.82) is 0 Å². The number of aromatic nitrogens is 5. The van der Waals surface area contributed by atoms with Crippen LogP contribution in [-0.2, 0) is 34.8 Å². The Morgan fingerprint density at radius 1 is 0.386 bits per heavy atom. The molecule has 0 bridgehead atoms. The lowest BCUT2D eigenvalue weighted by molar-refractivity contribution is -0.383. The first kappa shape index (κ1) is 101. The molecular formula is C96H97F8N11O17. The van der Waals surface area contributed by atoms with Gasteiger partial charge in [0.25, 0.3) is 44.9 Å². The second kappa shape index (κ2) is 42.7. The maximum Gasteiger partial charge on any atom is 0.419 e. The van der Waals surface area contributed by atoms with Crippen molar-refractivity contribution < 1.29 is 74.1 Å². The average molecular weight is 1830 g/mol. The van der Waals surface area contributed by atoms with Crippen LogP contribution in [0.25, 0.3) is 64.6 Å². The summed E-state index contributed by atoms with van der Waals surface area (Å²) in [6.45, 7) is 25.4. The van der Waals surface area contributed by atoms with E-state index in [9.17, 15) is 109 Å². The van der Waals surface area contributed by atoms with Gasteiger partial charge in [0, 0.05) is 104 Å². The third-order valence-electron chi connectivity index (χ3n) is 22.8. The van der Waals surface area contributed by atoms with Gasteiger partial charge >= 0.3 is 18.0 Å². The molecule has 28 nitrogen and oxygen atoms in total. The van der Waals surface area contributed by atoms with Crippen LogP contribution in [0.15, 0.2) is 216 Å². The number of hydrogen-bond donors (Lipinski definition) is 5. The molecule has 5 atom stereocenters. The SMILES string of the molecule is CC[C@@H](C)n1ccc2c(N)c(C)ccc2c1=O.CC[C@@H](C)n1ccc2c(NC(=O)Cc3ccc(C(F)(F)F)c(F)c3)c(C)ccc2c1=O.CC[C@@H](C)n1ccc2c([N+](=O)[O-])c(C)ccc2c1=O.Cc1ccc2c(=O)n([C@H](C)CO)ccc2c1NC(=O)Cc1ccc(C(F)(F)F)c(F)c1.Cc1ccc2c(=O)n([C@H](C)CO)ccc2c1[N+](=O)[O-].Cc1ccc2c(=O)occc2c1[N+](=O)[O-]. The highest BCUT2D eigenvalue weighted by Crippen LogP contribution is 2.37. The van der Waals surface area contributed by atoms with E-state index in [4.69, 9.17) is 10.8 Å². The number of benzene rings is 8. The van der Waals surface area contributed by atoms with Gasteiger partial charge in [-0.1, -0.05) is 69.3 Å². The van der Waals surface area contributed by atoms with Gasteiger partial charge < -0.3 is 53.8 Å². The largest absolute Gasteiger partial charge is 0.431 e. The molecule has 6 aromatic heterocycles. The van der Waals surface area contributed by atoms with Crippen LogP contribution in [0.5, 0.6) is 0 Å². The number of halogens is 8. The zero-order valence-electron chi connectivity index (χ0n) is 74.4. The fraction of sp³-hybridized carbons (Fsp3) is 0.292. The van der Waals surface area contributed by atoms with Crippen molar-refractivity contribution in [2.75, 3.05) is 29.6 Å². The summed E-state index contributed by atoms with van der Waals surface area (Å²) < 4.78 is 116. The number of nitrogens with one attached hydrogen (secondary N) is 2. The van der Waals surface area contributed by atoms with Crippen molar-refractivity contribution >= 4 is 111 Å². The van der Waals surface area contributed by atoms with E-state index in [1.165, 1.54) is 39.7 Å². The first-order chi connectivity index (χ1) is 62.1. The first-order valence-electron chi connectivity index (χ1n) is 41.6. The van der Waals surface area contributed by atoms with E-state index in [0.717, 1.165) is 54.2 Å². The lowest BCUT2D eigenvalue weighted by Gasteiger charge is -2.16. The monoisotopic (exact) mass is 1830 g/mol. The van der Waals surface area contributed by atoms with Crippen LogP contribution < -0.4 is 49.8 Å². The highest BCUT2D eigenvalue weighted by Gasteiger charge is 2.36. The van der Waals surface area contributed by atoms with Crippen LogP contribution in [0.4, 0.5) is 69.2 Å². The minimum atomic E-state index is -4.81. The molecule has 0 saturated heterocycles. The molecule has 0 aliphatic carbocycles. The molecule has 0 saturated carbocycles. The number of nitro benzene ring substituents is 3. The first-order valence-corrected chi connectivity index (χ1v) is 41.6. The number of nitrogens with zero attached hydrogens (tertiary/aromatic N) is 8. The number of anilines is 3. The molecule has 6 N–H and O–H groups in total. The topological polar surface area (TPSA) is 394 Å². The van der Waals surface area contributed by atoms with E-state index in [1.54, 1.807) is 147 Å². The molecule has 132 heavy (non-hydrogen) atoms. The van der Waals surface area contributed by atoms with Crippen molar-refractivity contribution in [2.24, 2.45) is 0 Å².